The molecular weight excluding hydrogens is 226 g/mol. The Kier molecular flexibility index (Phi) is 4.62. The van der Waals surface area contributed by atoms with Crippen LogP contribution < -0.4 is 11.1 Å². The van der Waals surface area contributed by atoms with Crippen LogP contribution in [0.3, 0.4) is 0 Å². The number of amides is 1. The Morgan fingerprint density at radius 2 is 2.00 bits per heavy atom. The van der Waals surface area contributed by atoms with Gasteiger partial charge in [0.2, 0.25) is 5.91 Å². The van der Waals surface area contributed by atoms with Crippen molar-refractivity contribution in [2.45, 2.75) is 63.6 Å². The zero-order valence-electron chi connectivity index (χ0n) is 11.7. The van der Waals surface area contributed by atoms with E-state index in [0.717, 1.165) is 12.8 Å². The van der Waals surface area contributed by atoms with E-state index >= 15 is 0 Å². The lowest BCUT2D eigenvalue weighted by Gasteiger charge is -2.47. The molecule has 104 valence electrons. The van der Waals surface area contributed by atoms with Crippen molar-refractivity contribution >= 4 is 5.91 Å². The molecule has 2 rings (SSSR count). The Morgan fingerprint density at radius 1 is 1.39 bits per heavy atom. The molecule has 3 atom stereocenters. The molecule has 2 fully saturated rings. The summed E-state index contributed by atoms with van der Waals surface area (Å²) in [4.78, 5) is 14.4. The molecule has 0 spiro atoms. The normalized spacial score (nSPS) is 34.1. The fourth-order valence-electron chi connectivity index (χ4n) is 3.42. The van der Waals surface area contributed by atoms with Crippen molar-refractivity contribution in [1.29, 1.82) is 0 Å². The summed E-state index contributed by atoms with van der Waals surface area (Å²) in [5.41, 5.74) is 5.56. The molecule has 3 unspecified atom stereocenters. The summed E-state index contributed by atoms with van der Waals surface area (Å²) >= 11 is 0. The first-order valence-corrected chi connectivity index (χ1v) is 7.31. The van der Waals surface area contributed by atoms with Crippen LogP contribution in [0.1, 0.15) is 45.4 Å². The van der Waals surface area contributed by atoms with Gasteiger partial charge in [-0.2, -0.15) is 0 Å². The van der Waals surface area contributed by atoms with Crippen LogP contribution in [0.25, 0.3) is 0 Å². The number of nitrogens with two attached hydrogens (primary N) is 1. The Bertz CT molecular complexity index is 281. The van der Waals surface area contributed by atoms with Gasteiger partial charge in [0.1, 0.15) is 0 Å². The second-order valence-electron chi connectivity index (χ2n) is 6.18. The van der Waals surface area contributed by atoms with Gasteiger partial charge in [-0.3, -0.25) is 4.79 Å². The van der Waals surface area contributed by atoms with Crippen LogP contribution in [0.5, 0.6) is 0 Å². The molecule has 0 aromatic heterocycles. The number of fused-ring (bicyclic) bond motifs is 2. The minimum atomic E-state index is 0.181. The Labute approximate surface area is 110 Å². The number of hydrogen-bond acceptors (Lipinski definition) is 3. The first-order chi connectivity index (χ1) is 8.60. The van der Waals surface area contributed by atoms with Gasteiger partial charge in [0, 0.05) is 24.5 Å². The van der Waals surface area contributed by atoms with E-state index in [1.165, 1.54) is 19.3 Å². The molecule has 1 amide bonds. The minimum Gasteiger partial charge on any atom is -0.353 e. The number of piperidine rings is 2. The zero-order valence-corrected chi connectivity index (χ0v) is 11.7. The highest BCUT2D eigenvalue weighted by molar-refractivity contribution is 5.76. The molecule has 2 bridgehead atoms. The second-order valence-corrected chi connectivity index (χ2v) is 6.18. The zero-order chi connectivity index (χ0) is 13.1. The van der Waals surface area contributed by atoms with Gasteiger partial charge >= 0.3 is 0 Å². The lowest BCUT2D eigenvalue weighted by atomic mass is 9.82. The summed E-state index contributed by atoms with van der Waals surface area (Å²) in [5.74, 6) is 0.469. The summed E-state index contributed by atoms with van der Waals surface area (Å²) < 4.78 is 0. The number of carbonyl (C=O) groups is 1. The number of nitrogens with zero attached hydrogens (tertiary/aromatic N) is 1. The van der Waals surface area contributed by atoms with Crippen molar-refractivity contribution < 1.29 is 4.79 Å². The topological polar surface area (TPSA) is 58.4 Å². The largest absolute Gasteiger partial charge is 0.353 e. The number of nitrogens with one attached hydrogen (secondary N) is 1. The van der Waals surface area contributed by atoms with Crippen LogP contribution in [0.4, 0.5) is 0 Å². The van der Waals surface area contributed by atoms with Crippen LogP contribution in [-0.2, 0) is 4.79 Å². The molecule has 2 aliphatic rings. The average molecular weight is 253 g/mol. The molecule has 0 radical (unpaired) electrons. The smallest absolute Gasteiger partial charge is 0.220 e. The van der Waals surface area contributed by atoms with Gasteiger partial charge < -0.3 is 16.0 Å². The predicted octanol–water partition coefficient (Wildman–Crippen LogP) is 1.10. The van der Waals surface area contributed by atoms with Gasteiger partial charge in [0.15, 0.2) is 0 Å². The highest BCUT2D eigenvalue weighted by atomic mass is 16.1. The average Bonchev–Trinajstić information content (AvgIpc) is 2.30. The predicted molar refractivity (Wildman–Crippen MR) is 73.2 cm³/mol. The third-order valence-electron chi connectivity index (χ3n) is 4.64. The lowest BCUT2D eigenvalue weighted by Crippen LogP contribution is -2.55. The maximum Gasteiger partial charge on any atom is 0.220 e. The summed E-state index contributed by atoms with van der Waals surface area (Å²) in [6.45, 7) is 2.62. The third kappa shape index (κ3) is 3.23. The number of hydrogen-bond donors (Lipinski definition) is 2. The van der Waals surface area contributed by atoms with Crippen LogP contribution in [-0.4, -0.2) is 42.5 Å². The molecule has 2 saturated heterocycles. The molecule has 4 heteroatoms. The maximum absolute atomic E-state index is 11.9. The van der Waals surface area contributed by atoms with Gasteiger partial charge in [0.25, 0.3) is 0 Å². The van der Waals surface area contributed by atoms with E-state index in [1.54, 1.807) is 0 Å². The maximum atomic E-state index is 11.9. The standard InChI is InChI=1S/C14H27N3O/c1-10(9-15)6-14(18)16-11-7-12-4-3-5-13(8-11)17(12)2/h10-13H,3-9,15H2,1-2H3,(H,16,18). The molecule has 4 nitrogen and oxygen atoms in total. The Hall–Kier alpha value is -0.610. The van der Waals surface area contributed by atoms with Crippen molar-refractivity contribution in [3.05, 3.63) is 0 Å². The lowest BCUT2D eigenvalue weighted by molar-refractivity contribution is -0.123. The second kappa shape index (κ2) is 6.02. The summed E-state index contributed by atoms with van der Waals surface area (Å²) in [6, 6.07) is 1.73. The van der Waals surface area contributed by atoms with E-state index < -0.39 is 0 Å². The summed E-state index contributed by atoms with van der Waals surface area (Å²) in [7, 11) is 2.24. The van der Waals surface area contributed by atoms with E-state index in [4.69, 9.17) is 5.73 Å². The van der Waals surface area contributed by atoms with Crippen molar-refractivity contribution in [2.24, 2.45) is 11.7 Å². The van der Waals surface area contributed by atoms with E-state index in [9.17, 15) is 4.79 Å². The van der Waals surface area contributed by atoms with Crippen LogP contribution >= 0.6 is 0 Å². The van der Waals surface area contributed by atoms with E-state index in [0.29, 0.717) is 31.1 Å². The molecule has 0 aromatic carbocycles. The summed E-state index contributed by atoms with van der Waals surface area (Å²) in [5, 5.41) is 3.21. The van der Waals surface area contributed by atoms with Gasteiger partial charge in [-0.25, -0.2) is 0 Å². The SMILES string of the molecule is CC(CN)CC(=O)NC1CC2CCCC(C1)N2C. The highest BCUT2D eigenvalue weighted by Gasteiger charge is 2.36. The Morgan fingerprint density at radius 3 is 2.56 bits per heavy atom. The van der Waals surface area contributed by atoms with Crippen molar-refractivity contribution in [3.8, 4) is 0 Å². The van der Waals surface area contributed by atoms with Crippen molar-refractivity contribution in [2.75, 3.05) is 13.6 Å². The Balaban J connectivity index is 1.82. The first kappa shape index (κ1) is 13.8. The molecule has 0 aliphatic carbocycles. The van der Waals surface area contributed by atoms with Gasteiger partial charge in [-0.1, -0.05) is 13.3 Å². The monoisotopic (exact) mass is 253 g/mol. The molecule has 0 aromatic rings. The molecule has 3 N–H and O–H groups in total. The van der Waals surface area contributed by atoms with E-state index in [-0.39, 0.29) is 11.8 Å². The van der Waals surface area contributed by atoms with Gasteiger partial charge in [-0.15, -0.1) is 0 Å². The van der Waals surface area contributed by atoms with E-state index in [2.05, 4.69) is 17.3 Å². The quantitative estimate of drug-likeness (QED) is 0.789. The van der Waals surface area contributed by atoms with Crippen LogP contribution in [0, 0.1) is 5.92 Å². The third-order valence-corrected chi connectivity index (χ3v) is 4.64. The molecule has 2 heterocycles. The van der Waals surface area contributed by atoms with Crippen LogP contribution in [0.2, 0.25) is 0 Å². The minimum absolute atomic E-state index is 0.181. The van der Waals surface area contributed by atoms with Crippen molar-refractivity contribution in [1.82, 2.24) is 10.2 Å². The fraction of sp³-hybridized carbons (Fsp3) is 0.929. The van der Waals surface area contributed by atoms with Crippen LogP contribution in [0.15, 0.2) is 0 Å². The summed E-state index contributed by atoms with van der Waals surface area (Å²) in [6.07, 6.45) is 6.74. The molecule has 18 heavy (non-hydrogen) atoms. The van der Waals surface area contributed by atoms with Gasteiger partial charge in [0.05, 0.1) is 0 Å². The molecular formula is C14H27N3O. The highest BCUT2D eigenvalue weighted by Crippen LogP contribution is 2.32. The van der Waals surface area contributed by atoms with E-state index in [1.807, 2.05) is 6.92 Å². The van der Waals surface area contributed by atoms with Crippen molar-refractivity contribution in [3.63, 3.8) is 0 Å². The van der Waals surface area contributed by atoms with Gasteiger partial charge in [-0.05, 0) is 45.2 Å². The molecule has 2 aliphatic heterocycles. The molecule has 0 saturated carbocycles. The first-order valence-electron chi connectivity index (χ1n) is 7.31. The number of rotatable bonds is 4. The number of carbonyl (C=O) groups excluding carboxylic acids is 1. The fourth-order valence-corrected chi connectivity index (χ4v) is 3.42.